The van der Waals surface area contributed by atoms with Crippen molar-refractivity contribution in [2.45, 2.75) is 31.6 Å². The zero-order valence-corrected chi connectivity index (χ0v) is 15.3. The number of hydrogen-bond donors (Lipinski definition) is 3. The molecule has 1 aliphatic rings. The summed E-state index contributed by atoms with van der Waals surface area (Å²) >= 11 is 2.02. The average Bonchev–Trinajstić information content (AvgIpc) is 3.08. The molecule has 1 aromatic rings. The summed E-state index contributed by atoms with van der Waals surface area (Å²) in [6.45, 7) is 3.04. The Balaban J connectivity index is 1.90. The Labute approximate surface area is 147 Å². The molecule has 1 saturated heterocycles. The number of anilines is 1. The molecule has 1 unspecified atom stereocenters. The molecule has 0 saturated carbocycles. The zero-order chi connectivity index (χ0) is 17.4. The number of carbonyl (C=O) groups excluding carboxylic acids is 1. The van der Waals surface area contributed by atoms with Gasteiger partial charge in [0.1, 0.15) is 5.75 Å². The lowest BCUT2D eigenvalue weighted by atomic mass is 10.2. The van der Waals surface area contributed by atoms with Crippen molar-refractivity contribution < 1.29 is 9.53 Å². The summed E-state index contributed by atoms with van der Waals surface area (Å²) in [5.41, 5.74) is 1.72. The second-order valence-electron chi connectivity index (χ2n) is 5.66. The molecule has 3 N–H and O–H groups in total. The maximum Gasteiger partial charge on any atom is 0.221 e. The summed E-state index contributed by atoms with van der Waals surface area (Å²) in [7, 11) is 3.36. The number of benzene rings is 1. The third kappa shape index (κ3) is 5.63. The highest BCUT2D eigenvalue weighted by atomic mass is 32.2. The van der Waals surface area contributed by atoms with E-state index in [4.69, 9.17) is 4.74 Å². The highest BCUT2D eigenvalue weighted by Crippen LogP contribution is 2.26. The van der Waals surface area contributed by atoms with E-state index in [-0.39, 0.29) is 5.91 Å². The van der Waals surface area contributed by atoms with Gasteiger partial charge >= 0.3 is 0 Å². The predicted molar refractivity (Wildman–Crippen MR) is 101 cm³/mol. The van der Waals surface area contributed by atoms with Crippen LogP contribution in [0, 0.1) is 0 Å². The van der Waals surface area contributed by atoms with E-state index in [1.165, 1.54) is 25.5 Å². The standard InChI is InChI=1S/C17H26N4O2S/c1-12(22)21-15-9-13(6-7-16(15)23-3)10-19-17(18-2)20-11-14-5-4-8-24-14/h6-7,9,14H,4-5,8,10-11H2,1-3H3,(H,21,22)(H2,18,19,20). The van der Waals surface area contributed by atoms with Crippen LogP contribution in [0.5, 0.6) is 5.75 Å². The number of aliphatic imine (C=N–C) groups is 1. The first-order valence-corrected chi connectivity index (χ1v) is 9.18. The van der Waals surface area contributed by atoms with Crippen molar-refractivity contribution in [3.05, 3.63) is 23.8 Å². The predicted octanol–water partition coefficient (Wildman–Crippen LogP) is 2.21. The van der Waals surface area contributed by atoms with Crippen molar-refractivity contribution in [3.63, 3.8) is 0 Å². The van der Waals surface area contributed by atoms with E-state index < -0.39 is 0 Å². The quantitative estimate of drug-likeness (QED) is 0.542. The van der Waals surface area contributed by atoms with E-state index in [1.54, 1.807) is 14.2 Å². The Morgan fingerprint density at radius 2 is 2.25 bits per heavy atom. The third-order valence-electron chi connectivity index (χ3n) is 3.78. The summed E-state index contributed by atoms with van der Waals surface area (Å²) in [5, 5.41) is 10.1. The van der Waals surface area contributed by atoms with E-state index >= 15 is 0 Å². The normalized spacial score (nSPS) is 17.5. The molecule has 1 aliphatic heterocycles. The number of hydrogen-bond acceptors (Lipinski definition) is 4. The number of carbonyl (C=O) groups is 1. The smallest absolute Gasteiger partial charge is 0.221 e. The van der Waals surface area contributed by atoms with Crippen LogP contribution in [0.25, 0.3) is 0 Å². The fraction of sp³-hybridized carbons (Fsp3) is 0.529. The Morgan fingerprint density at radius 1 is 1.42 bits per heavy atom. The lowest BCUT2D eigenvalue weighted by Gasteiger charge is -2.16. The van der Waals surface area contributed by atoms with Gasteiger partial charge in [-0.2, -0.15) is 11.8 Å². The Bertz CT molecular complexity index is 586. The van der Waals surface area contributed by atoms with Crippen molar-refractivity contribution >= 4 is 29.3 Å². The van der Waals surface area contributed by atoms with Crippen LogP contribution in [-0.4, -0.2) is 43.6 Å². The second kappa shape index (κ2) is 9.42. The van der Waals surface area contributed by atoms with Gasteiger partial charge in [-0.05, 0) is 36.3 Å². The van der Waals surface area contributed by atoms with Crippen LogP contribution in [0.2, 0.25) is 0 Å². The van der Waals surface area contributed by atoms with Crippen molar-refractivity contribution in [1.29, 1.82) is 0 Å². The molecule has 0 bridgehead atoms. The molecule has 1 amide bonds. The molecular weight excluding hydrogens is 324 g/mol. The molecule has 0 aliphatic carbocycles. The van der Waals surface area contributed by atoms with E-state index in [0.717, 1.165) is 18.1 Å². The van der Waals surface area contributed by atoms with Gasteiger partial charge in [-0.1, -0.05) is 6.07 Å². The van der Waals surface area contributed by atoms with Crippen molar-refractivity contribution in [1.82, 2.24) is 10.6 Å². The van der Waals surface area contributed by atoms with Crippen LogP contribution >= 0.6 is 11.8 Å². The first kappa shape index (κ1) is 18.4. The van der Waals surface area contributed by atoms with Gasteiger partial charge in [0.15, 0.2) is 5.96 Å². The molecule has 7 heteroatoms. The van der Waals surface area contributed by atoms with Crippen LogP contribution in [0.3, 0.4) is 0 Å². The molecule has 1 fully saturated rings. The average molecular weight is 350 g/mol. The van der Waals surface area contributed by atoms with E-state index in [1.807, 2.05) is 30.0 Å². The number of nitrogens with one attached hydrogen (secondary N) is 3. The Hall–Kier alpha value is -1.89. The fourth-order valence-corrected chi connectivity index (χ4v) is 3.78. The summed E-state index contributed by atoms with van der Waals surface area (Å²) in [6, 6.07) is 5.73. The number of thioether (sulfide) groups is 1. The van der Waals surface area contributed by atoms with Crippen LogP contribution in [0.15, 0.2) is 23.2 Å². The van der Waals surface area contributed by atoms with Gasteiger partial charge < -0.3 is 20.7 Å². The molecule has 2 rings (SSSR count). The first-order chi connectivity index (χ1) is 11.6. The largest absolute Gasteiger partial charge is 0.495 e. The van der Waals surface area contributed by atoms with Crippen LogP contribution in [0.1, 0.15) is 25.3 Å². The fourth-order valence-electron chi connectivity index (χ4n) is 2.57. The van der Waals surface area contributed by atoms with Gasteiger partial charge in [0.25, 0.3) is 0 Å². The second-order valence-corrected chi connectivity index (χ2v) is 7.07. The number of guanidine groups is 1. The first-order valence-electron chi connectivity index (χ1n) is 8.13. The molecule has 24 heavy (non-hydrogen) atoms. The molecule has 1 aromatic carbocycles. The zero-order valence-electron chi connectivity index (χ0n) is 14.5. The molecule has 0 radical (unpaired) electrons. The molecule has 1 atom stereocenters. The van der Waals surface area contributed by atoms with Crippen molar-refractivity contribution in [3.8, 4) is 5.75 Å². The van der Waals surface area contributed by atoms with E-state index in [2.05, 4.69) is 20.9 Å². The van der Waals surface area contributed by atoms with Gasteiger partial charge in [-0.15, -0.1) is 0 Å². The Morgan fingerprint density at radius 3 is 2.88 bits per heavy atom. The summed E-state index contributed by atoms with van der Waals surface area (Å²) in [4.78, 5) is 15.6. The molecular formula is C17H26N4O2S. The topological polar surface area (TPSA) is 74.8 Å². The lowest BCUT2D eigenvalue weighted by Crippen LogP contribution is -2.39. The van der Waals surface area contributed by atoms with Gasteiger partial charge in [0, 0.05) is 32.3 Å². The lowest BCUT2D eigenvalue weighted by molar-refractivity contribution is -0.114. The van der Waals surface area contributed by atoms with Gasteiger partial charge in [-0.3, -0.25) is 9.79 Å². The highest BCUT2D eigenvalue weighted by Gasteiger charge is 2.15. The minimum absolute atomic E-state index is 0.120. The summed E-state index contributed by atoms with van der Waals surface area (Å²) < 4.78 is 5.27. The highest BCUT2D eigenvalue weighted by molar-refractivity contribution is 8.00. The summed E-state index contributed by atoms with van der Waals surface area (Å²) in [5.74, 6) is 2.58. The monoisotopic (exact) mass is 350 g/mol. The van der Waals surface area contributed by atoms with E-state index in [9.17, 15) is 4.79 Å². The molecule has 6 nitrogen and oxygen atoms in total. The van der Waals surface area contributed by atoms with Gasteiger partial charge in [0.05, 0.1) is 12.8 Å². The van der Waals surface area contributed by atoms with Crippen LogP contribution < -0.4 is 20.7 Å². The van der Waals surface area contributed by atoms with Crippen LogP contribution in [0.4, 0.5) is 5.69 Å². The molecule has 1 heterocycles. The van der Waals surface area contributed by atoms with Crippen LogP contribution in [-0.2, 0) is 11.3 Å². The van der Waals surface area contributed by atoms with E-state index in [0.29, 0.717) is 23.2 Å². The van der Waals surface area contributed by atoms with Crippen molar-refractivity contribution in [2.75, 3.05) is 31.8 Å². The minimum Gasteiger partial charge on any atom is -0.495 e. The number of methoxy groups -OCH3 is 1. The maximum absolute atomic E-state index is 11.3. The molecule has 0 spiro atoms. The van der Waals surface area contributed by atoms with Gasteiger partial charge in [0.2, 0.25) is 5.91 Å². The summed E-state index contributed by atoms with van der Waals surface area (Å²) in [6.07, 6.45) is 2.58. The Kier molecular flexibility index (Phi) is 7.24. The number of ether oxygens (including phenoxy) is 1. The third-order valence-corrected chi connectivity index (χ3v) is 5.18. The molecule has 132 valence electrons. The molecule has 0 aromatic heterocycles. The van der Waals surface area contributed by atoms with Gasteiger partial charge in [-0.25, -0.2) is 0 Å². The number of amides is 1. The van der Waals surface area contributed by atoms with Crippen molar-refractivity contribution in [2.24, 2.45) is 4.99 Å². The minimum atomic E-state index is -0.120. The number of nitrogens with zero attached hydrogens (tertiary/aromatic N) is 1. The maximum atomic E-state index is 11.3. The SMILES string of the molecule is CN=C(NCc1ccc(OC)c(NC(C)=O)c1)NCC1CCCS1. The number of rotatable bonds is 6.